The van der Waals surface area contributed by atoms with Crippen molar-refractivity contribution in [2.24, 2.45) is 5.92 Å². The molecule has 1 saturated carbocycles. The van der Waals surface area contributed by atoms with Crippen molar-refractivity contribution in [1.29, 1.82) is 0 Å². The molecule has 27 heavy (non-hydrogen) atoms. The number of hydrogen-bond donors (Lipinski definition) is 2. The smallest absolute Gasteiger partial charge is 0.255 e. The van der Waals surface area contributed by atoms with E-state index < -0.39 is 0 Å². The molecule has 2 aromatic rings. The van der Waals surface area contributed by atoms with Gasteiger partial charge in [0.25, 0.3) is 5.91 Å². The average molecular weight is 363 g/mol. The third kappa shape index (κ3) is 4.13. The van der Waals surface area contributed by atoms with Crippen LogP contribution >= 0.6 is 0 Å². The van der Waals surface area contributed by atoms with Crippen molar-refractivity contribution in [3.8, 4) is 0 Å². The molecule has 5 nitrogen and oxygen atoms in total. The van der Waals surface area contributed by atoms with Crippen LogP contribution in [0.4, 0.5) is 17.1 Å². The summed E-state index contributed by atoms with van der Waals surface area (Å²) in [6, 6.07) is 13.3. The van der Waals surface area contributed by atoms with Gasteiger partial charge < -0.3 is 15.5 Å². The zero-order valence-electron chi connectivity index (χ0n) is 15.6. The van der Waals surface area contributed by atoms with Gasteiger partial charge >= 0.3 is 0 Å². The number of nitrogens with one attached hydrogen (secondary N) is 2. The number of aryl methyl sites for hydroxylation is 1. The molecule has 1 aliphatic carbocycles. The number of carbonyl (C=O) groups excluding carboxylic acids is 2. The Bertz CT molecular complexity index is 868. The Morgan fingerprint density at radius 3 is 2.48 bits per heavy atom. The van der Waals surface area contributed by atoms with Crippen molar-refractivity contribution in [3.63, 3.8) is 0 Å². The van der Waals surface area contributed by atoms with Crippen molar-refractivity contribution in [1.82, 2.24) is 0 Å². The van der Waals surface area contributed by atoms with E-state index in [1.54, 1.807) is 18.2 Å². The Morgan fingerprint density at radius 1 is 1.00 bits per heavy atom. The number of hydrogen-bond acceptors (Lipinski definition) is 3. The van der Waals surface area contributed by atoms with E-state index in [1.807, 2.05) is 19.1 Å². The highest BCUT2D eigenvalue weighted by Gasteiger charge is 2.29. The van der Waals surface area contributed by atoms with Crippen LogP contribution in [-0.4, -0.2) is 24.9 Å². The van der Waals surface area contributed by atoms with E-state index in [0.717, 1.165) is 37.2 Å². The van der Waals surface area contributed by atoms with Gasteiger partial charge in [-0.3, -0.25) is 9.59 Å². The molecule has 2 aliphatic rings. The van der Waals surface area contributed by atoms with Crippen molar-refractivity contribution in [3.05, 3.63) is 53.6 Å². The summed E-state index contributed by atoms with van der Waals surface area (Å²) in [6.45, 7) is 4.22. The number of amides is 2. The first-order chi connectivity index (χ1) is 13.1. The Hall–Kier alpha value is -2.82. The van der Waals surface area contributed by atoms with Crippen LogP contribution in [0.1, 0.15) is 41.6 Å². The predicted molar refractivity (Wildman–Crippen MR) is 108 cm³/mol. The van der Waals surface area contributed by atoms with E-state index in [-0.39, 0.29) is 17.7 Å². The lowest BCUT2D eigenvalue weighted by molar-refractivity contribution is -0.117. The second-order valence-electron chi connectivity index (χ2n) is 7.49. The van der Waals surface area contributed by atoms with Gasteiger partial charge in [-0.15, -0.1) is 0 Å². The summed E-state index contributed by atoms with van der Waals surface area (Å²) < 4.78 is 0. The number of rotatable bonds is 5. The molecule has 0 bridgehead atoms. The molecule has 2 amide bonds. The van der Waals surface area contributed by atoms with Gasteiger partial charge in [-0.2, -0.15) is 0 Å². The molecule has 4 rings (SSSR count). The Labute approximate surface area is 159 Å². The standard InChI is InChI=1S/C22H25N3O2/c1-15-13-19(25-11-2-3-12-25)9-10-20(15)24-22(27)17-5-4-6-18(14-17)23-21(26)16-7-8-16/h4-6,9-10,13-14,16H,2-3,7-8,11-12H2,1H3,(H,23,26)(H,24,27). The zero-order chi connectivity index (χ0) is 18.8. The fraction of sp³-hybridized carbons (Fsp3) is 0.364. The van der Waals surface area contributed by atoms with Crippen LogP contribution in [0.3, 0.4) is 0 Å². The van der Waals surface area contributed by atoms with Crippen molar-refractivity contribution < 1.29 is 9.59 Å². The highest BCUT2D eigenvalue weighted by Crippen LogP contribution is 2.30. The van der Waals surface area contributed by atoms with Crippen LogP contribution in [0.5, 0.6) is 0 Å². The second-order valence-corrected chi connectivity index (χ2v) is 7.49. The molecular formula is C22H25N3O2. The van der Waals surface area contributed by atoms with Gasteiger partial charge in [-0.25, -0.2) is 0 Å². The quantitative estimate of drug-likeness (QED) is 0.837. The molecule has 140 valence electrons. The van der Waals surface area contributed by atoms with E-state index in [4.69, 9.17) is 0 Å². The van der Waals surface area contributed by atoms with E-state index in [2.05, 4.69) is 27.7 Å². The molecule has 2 aromatic carbocycles. The highest BCUT2D eigenvalue weighted by atomic mass is 16.2. The van der Waals surface area contributed by atoms with Crippen molar-refractivity contribution >= 4 is 28.9 Å². The minimum atomic E-state index is -0.172. The van der Waals surface area contributed by atoms with Gasteiger partial charge in [0.1, 0.15) is 0 Å². The third-order valence-corrected chi connectivity index (χ3v) is 5.27. The first-order valence-corrected chi connectivity index (χ1v) is 9.68. The minimum Gasteiger partial charge on any atom is -0.372 e. The van der Waals surface area contributed by atoms with Gasteiger partial charge in [-0.1, -0.05) is 6.07 Å². The highest BCUT2D eigenvalue weighted by molar-refractivity contribution is 6.06. The van der Waals surface area contributed by atoms with Crippen molar-refractivity contribution in [2.45, 2.75) is 32.6 Å². The monoisotopic (exact) mass is 363 g/mol. The molecule has 1 heterocycles. The molecule has 0 unspecified atom stereocenters. The summed E-state index contributed by atoms with van der Waals surface area (Å²) in [5, 5.41) is 5.88. The molecule has 1 aliphatic heterocycles. The van der Waals surface area contributed by atoms with Crippen LogP contribution in [-0.2, 0) is 4.79 Å². The van der Waals surface area contributed by atoms with Crippen LogP contribution in [0, 0.1) is 12.8 Å². The molecular weight excluding hydrogens is 338 g/mol. The van der Waals surface area contributed by atoms with Gasteiger partial charge in [-0.05, 0) is 74.6 Å². The first kappa shape index (κ1) is 17.6. The lowest BCUT2D eigenvalue weighted by Crippen LogP contribution is -2.18. The predicted octanol–water partition coefficient (Wildman–Crippen LogP) is 4.20. The van der Waals surface area contributed by atoms with Crippen LogP contribution in [0.15, 0.2) is 42.5 Å². The normalized spacial score (nSPS) is 16.3. The van der Waals surface area contributed by atoms with Crippen molar-refractivity contribution in [2.75, 3.05) is 28.6 Å². The largest absolute Gasteiger partial charge is 0.372 e. The lowest BCUT2D eigenvalue weighted by atomic mass is 10.1. The molecule has 0 radical (unpaired) electrons. The Balaban J connectivity index is 1.44. The minimum absolute atomic E-state index is 0.0425. The van der Waals surface area contributed by atoms with Gasteiger partial charge in [0.2, 0.25) is 5.91 Å². The van der Waals surface area contributed by atoms with Gasteiger partial charge in [0, 0.05) is 41.6 Å². The second kappa shape index (κ2) is 7.43. The third-order valence-electron chi connectivity index (χ3n) is 5.27. The number of anilines is 3. The van der Waals surface area contributed by atoms with Crippen LogP contribution in [0.2, 0.25) is 0 Å². The molecule has 0 atom stereocenters. The van der Waals surface area contributed by atoms with Gasteiger partial charge in [0.05, 0.1) is 0 Å². The fourth-order valence-electron chi connectivity index (χ4n) is 3.48. The number of benzene rings is 2. The molecule has 5 heteroatoms. The lowest BCUT2D eigenvalue weighted by Gasteiger charge is -2.19. The topological polar surface area (TPSA) is 61.4 Å². The maximum absolute atomic E-state index is 12.7. The maximum atomic E-state index is 12.7. The van der Waals surface area contributed by atoms with Crippen LogP contribution in [0.25, 0.3) is 0 Å². The van der Waals surface area contributed by atoms with Gasteiger partial charge in [0.15, 0.2) is 0 Å². The maximum Gasteiger partial charge on any atom is 0.255 e. The van der Waals surface area contributed by atoms with E-state index in [0.29, 0.717) is 11.3 Å². The summed E-state index contributed by atoms with van der Waals surface area (Å²) in [7, 11) is 0. The Kier molecular flexibility index (Phi) is 4.84. The summed E-state index contributed by atoms with van der Waals surface area (Å²) >= 11 is 0. The Morgan fingerprint density at radius 2 is 1.78 bits per heavy atom. The summed E-state index contributed by atoms with van der Waals surface area (Å²) in [5.74, 6) is 0.00898. The summed E-state index contributed by atoms with van der Waals surface area (Å²) in [4.78, 5) is 27.0. The summed E-state index contributed by atoms with van der Waals surface area (Å²) in [5.41, 5.74) is 4.28. The fourth-order valence-corrected chi connectivity index (χ4v) is 3.48. The zero-order valence-corrected chi connectivity index (χ0v) is 15.6. The molecule has 2 N–H and O–H groups in total. The molecule has 0 spiro atoms. The number of nitrogens with zero attached hydrogens (tertiary/aromatic N) is 1. The first-order valence-electron chi connectivity index (χ1n) is 9.68. The number of carbonyl (C=O) groups is 2. The summed E-state index contributed by atoms with van der Waals surface area (Å²) in [6.07, 6.45) is 4.40. The average Bonchev–Trinajstić information content (AvgIpc) is 3.38. The molecule has 0 aromatic heterocycles. The van der Waals surface area contributed by atoms with E-state index >= 15 is 0 Å². The molecule has 2 fully saturated rings. The van der Waals surface area contributed by atoms with E-state index in [9.17, 15) is 9.59 Å². The molecule has 1 saturated heterocycles. The van der Waals surface area contributed by atoms with Crippen LogP contribution < -0.4 is 15.5 Å². The SMILES string of the molecule is Cc1cc(N2CCCC2)ccc1NC(=O)c1cccc(NC(=O)C2CC2)c1. The van der Waals surface area contributed by atoms with E-state index in [1.165, 1.54) is 18.5 Å².